The second-order valence-electron chi connectivity index (χ2n) is 12.9. The molecule has 0 saturated carbocycles. The lowest BCUT2D eigenvalue weighted by Crippen LogP contribution is -2.20. The second-order valence-corrected chi connectivity index (χ2v) is 12.9. The summed E-state index contributed by atoms with van der Waals surface area (Å²) in [7, 11) is 0. The van der Waals surface area contributed by atoms with Crippen LogP contribution in [0.1, 0.15) is 26.3 Å². The van der Waals surface area contributed by atoms with E-state index in [1.165, 1.54) is 22.0 Å². The molecular formula is C41H35N4O+. The van der Waals surface area contributed by atoms with E-state index >= 15 is 0 Å². The third-order valence-electron chi connectivity index (χ3n) is 8.76. The van der Waals surface area contributed by atoms with Gasteiger partial charge in [-0.2, -0.15) is 4.57 Å². The molecule has 0 fully saturated rings. The molecule has 0 amide bonds. The van der Waals surface area contributed by atoms with Crippen LogP contribution in [0.3, 0.4) is 0 Å². The van der Waals surface area contributed by atoms with Crippen molar-refractivity contribution in [3.63, 3.8) is 0 Å². The number of hydrogen-bond donors (Lipinski definition) is 0. The van der Waals surface area contributed by atoms with Gasteiger partial charge in [0.25, 0.3) is 0 Å². The average molecular weight is 600 g/mol. The minimum absolute atomic E-state index is 0.0544. The van der Waals surface area contributed by atoms with Crippen molar-refractivity contribution in [1.29, 1.82) is 0 Å². The van der Waals surface area contributed by atoms with Crippen molar-refractivity contribution >= 4 is 32.8 Å². The van der Waals surface area contributed by atoms with E-state index in [9.17, 15) is 0 Å². The Morgan fingerprint density at radius 1 is 0.630 bits per heavy atom. The predicted octanol–water partition coefficient (Wildman–Crippen LogP) is 10.7. The zero-order valence-corrected chi connectivity index (χ0v) is 26.5. The van der Waals surface area contributed by atoms with Crippen LogP contribution in [0.4, 0.5) is 0 Å². The Bertz CT molecular complexity index is 2410. The molecule has 3 aromatic heterocycles. The second kappa shape index (κ2) is 10.7. The minimum atomic E-state index is -0.0544. The maximum atomic E-state index is 6.58. The monoisotopic (exact) mass is 599 g/mol. The predicted molar refractivity (Wildman–Crippen MR) is 189 cm³/mol. The number of ether oxygens (including phenoxy) is 1. The van der Waals surface area contributed by atoms with Crippen molar-refractivity contribution in [2.24, 2.45) is 0 Å². The Kier molecular flexibility index (Phi) is 6.50. The highest BCUT2D eigenvalue weighted by atomic mass is 16.5. The molecule has 0 bridgehead atoms. The normalized spacial score (nSPS) is 11.9. The van der Waals surface area contributed by atoms with Gasteiger partial charge in [-0.1, -0.05) is 42.5 Å². The Balaban J connectivity index is 1.22. The van der Waals surface area contributed by atoms with Crippen LogP contribution in [0.15, 0.2) is 140 Å². The molecule has 8 rings (SSSR count). The van der Waals surface area contributed by atoms with Crippen molar-refractivity contribution in [2.75, 3.05) is 0 Å². The minimum Gasteiger partial charge on any atom is -0.456 e. The lowest BCUT2D eigenvalue weighted by molar-refractivity contribution is 0.406. The number of para-hydroxylation sites is 3. The van der Waals surface area contributed by atoms with Crippen molar-refractivity contribution in [3.8, 4) is 34.1 Å². The quantitative estimate of drug-likeness (QED) is 0.185. The molecule has 0 aliphatic carbocycles. The first-order chi connectivity index (χ1) is 22.3. The van der Waals surface area contributed by atoms with Crippen LogP contribution < -0.4 is 4.74 Å². The van der Waals surface area contributed by atoms with Gasteiger partial charge in [-0.15, -0.1) is 0 Å². The van der Waals surface area contributed by atoms with E-state index in [4.69, 9.17) is 9.72 Å². The van der Waals surface area contributed by atoms with Crippen molar-refractivity contribution in [2.45, 2.75) is 33.2 Å². The summed E-state index contributed by atoms with van der Waals surface area (Å²) in [5.74, 6) is 2.42. The number of nitrogens with zero attached hydrogens (tertiary/aromatic N) is 4. The molecule has 3 heterocycles. The zero-order chi connectivity index (χ0) is 31.4. The lowest BCUT2D eigenvalue weighted by atomic mass is 10.0. The van der Waals surface area contributed by atoms with Crippen molar-refractivity contribution < 1.29 is 4.74 Å². The van der Waals surface area contributed by atoms with Gasteiger partial charge in [-0.05, 0) is 99.0 Å². The third-order valence-corrected chi connectivity index (χ3v) is 8.76. The van der Waals surface area contributed by atoms with Gasteiger partial charge in [0.1, 0.15) is 23.0 Å². The van der Waals surface area contributed by atoms with Gasteiger partial charge in [0.15, 0.2) is 17.4 Å². The van der Waals surface area contributed by atoms with E-state index in [-0.39, 0.29) is 5.54 Å². The number of imidazole rings is 1. The lowest BCUT2D eigenvalue weighted by Gasteiger charge is -2.17. The third kappa shape index (κ3) is 4.72. The van der Waals surface area contributed by atoms with Crippen LogP contribution in [0.5, 0.6) is 11.5 Å². The summed E-state index contributed by atoms with van der Waals surface area (Å²) in [5, 5.41) is 2.34. The molecule has 224 valence electrons. The van der Waals surface area contributed by atoms with E-state index in [2.05, 4.69) is 169 Å². The molecule has 0 aliphatic heterocycles. The molecular weight excluding hydrogens is 564 g/mol. The van der Waals surface area contributed by atoms with Gasteiger partial charge in [0, 0.05) is 47.3 Å². The van der Waals surface area contributed by atoms with E-state index in [0.717, 1.165) is 50.5 Å². The largest absolute Gasteiger partial charge is 0.456 e. The fraction of sp³-hybridized carbons (Fsp3) is 0.122. The number of rotatable bonds is 5. The van der Waals surface area contributed by atoms with Gasteiger partial charge in [0.05, 0.1) is 16.6 Å². The molecule has 5 nitrogen and oxygen atoms in total. The molecule has 8 aromatic rings. The first kappa shape index (κ1) is 27.8. The summed E-state index contributed by atoms with van der Waals surface area (Å²) in [4.78, 5) is 4.86. The fourth-order valence-electron chi connectivity index (χ4n) is 6.55. The fourth-order valence-corrected chi connectivity index (χ4v) is 6.55. The van der Waals surface area contributed by atoms with Gasteiger partial charge >= 0.3 is 0 Å². The highest BCUT2D eigenvalue weighted by Crippen LogP contribution is 2.36. The zero-order valence-electron chi connectivity index (χ0n) is 26.5. The molecule has 0 radical (unpaired) electrons. The SMILES string of the molecule is Cc1ccccc1-c1ccnc(-n2c3ccccc3c3ccc(Oc4cccc(-n5[cH+]n(C(C)(C)C)c6ccccc65)c4)cc32)c1. The van der Waals surface area contributed by atoms with Crippen LogP contribution >= 0.6 is 0 Å². The van der Waals surface area contributed by atoms with Crippen LogP contribution in [0.25, 0.3) is 55.5 Å². The average Bonchev–Trinajstić information content (AvgIpc) is 3.62. The van der Waals surface area contributed by atoms with Gasteiger partial charge in [-0.25, -0.2) is 9.55 Å². The maximum absolute atomic E-state index is 6.58. The number of aromatic nitrogens is 4. The van der Waals surface area contributed by atoms with Crippen molar-refractivity contribution in [1.82, 2.24) is 18.7 Å². The van der Waals surface area contributed by atoms with Crippen LogP contribution in [-0.2, 0) is 5.54 Å². The molecule has 0 saturated heterocycles. The van der Waals surface area contributed by atoms with E-state index in [1.807, 2.05) is 12.3 Å². The van der Waals surface area contributed by atoms with E-state index < -0.39 is 0 Å². The summed E-state index contributed by atoms with van der Waals surface area (Å²) in [5.41, 5.74) is 9.08. The molecule has 0 N–H and O–H groups in total. The maximum Gasteiger partial charge on any atom is 0.191 e. The van der Waals surface area contributed by atoms with Crippen LogP contribution in [0, 0.1) is 6.92 Å². The molecule has 46 heavy (non-hydrogen) atoms. The van der Waals surface area contributed by atoms with E-state index in [0.29, 0.717) is 0 Å². The standard InChI is InChI=1S/C41H35N4O/c1-28-12-5-6-15-33(28)29-22-23-42-40(24-29)45-36-17-8-7-16-34(36)35-21-20-32(26-39(35)45)46-31-14-11-13-30(25-31)43-27-44(41(2,3)4)38-19-10-9-18-37(38)43/h5-27H,1-4H3/q+1. The number of benzene rings is 5. The highest BCUT2D eigenvalue weighted by Gasteiger charge is 2.24. The Labute approximate surface area is 268 Å². The number of pyridine rings is 1. The molecule has 0 spiro atoms. The highest BCUT2D eigenvalue weighted by molar-refractivity contribution is 6.09. The first-order valence-corrected chi connectivity index (χ1v) is 15.7. The number of aryl methyl sites for hydroxylation is 1. The Morgan fingerprint density at radius 2 is 1.35 bits per heavy atom. The molecule has 0 atom stereocenters. The summed E-state index contributed by atoms with van der Waals surface area (Å²) >= 11 is 0. The number of hydrogen-bond acceptors (Lipinski definition) is 2. The summed E-state index contributed by atoms with van der Waals surface area (Å²) in [6.45, 7) is 8.84. The molecule has 5 aromatic carbocycles. The summed E-state index contributed by atoms with van der Waals surface area (Å²) < 4.78 is 13.4. The van der Waals surface area contributed by atoms with Gasteiger partial charge in [0.2, 0.25) is 0 Å². The Hall–Kier alpha value is -5.68. The Morgan fingerprint density at radius 3 is 2.17 bits per heavy atom. The summed E-state index contributed by atoms with van der Waals surface area (Å²) in [6.07, 6.45) is 4.09. The molecule has 0 aliphatic rings. The van der Waals surface area contributed by atoms with Crippen molar-refractivity contribution in [3.05, 3.63) is 145 Å². The van der Waals surface area contributed by atoms with Crippen LogP contribution in [0.2, 0.25) is 0 Å². The van der Waals surface area contributed by atoms with Gasteiger partial charge < -0.3 is 4.74 Å². The molecule has 5 heteroatoms. The van der Waals surface area contributed by atoms with Crippen LogP contribution in [-0.4, -0.2) is 18.7 Å². The molecule has 0 unspecified atom stereocenters. The topological polar surface area (TPSA) is 36.9 Å². The smallest absolute Gasteiger partial charge is 0.191 e. The first-order valence-electron chi connectivity index (χ1n) is 15.7. The van der Waals surface area contributed by atoms with E-state index in [1.54, 1.807) is 0 Å². The summed E-state index contributed by atoms with van der Waals surface area (Å²) in [6, 6.07) is 44.4. The number of fused-ring (bicyclic) bond motifs is 4. The van der Waals surface area contributed by atoms with Gasteiger partial charge in [-0.3, -0.25) is 4.57 Å².